The number of thiazole rings is 1. The summed E-state index contributed by atoms with van der Waals surface area (Å²) < 4.78 is 7.15. The van der Waals surface area contributed by atoms with Crippen LogP contribution in [0.25, 0.3) is 42.7 Å². The summed E-state index contributed by atoms with van der Waals surface area (Å²) in [5.41, 5.74) is 6.02. The number of hydrogen-bond donors (Lipinski definition) is 1. The molecule has 6 aromatic rings. The Hall–Kier alpha value is -3.63. The summed E-state index contributed by atoms with van der Waals surface area (Å²) >= 11 is 1.71. The second-order valence-electron chi connectivity index (χ2n) is 6.97. The van der Waals surface area contributed by atoms with Gasteiger partial charge in [-0.25, -0.2) is 4.98 Å². The summed E-state index contributed by atoms with van der Waals surface area (Å²) in [5, 5.41) is 6.85. The molecule has 0 amide bonds. The van der Waals surface area contributed by atoms with Crippen LogP contribution < -0.4 is 5.32 Å². The zero-order chi connectivity index (χ0) is 19.2. The van der Waals surface area contributed by atoms with Crippen LogP contribution >= 0.6 is 11.3 Å². The number of nitrogens with one attached hydrogen (secondary N) is 1. The predicted molar refractivity (Wildman–Crippen MR) is 122 cm³/mol. The molecule has 4 heteroatoms. The van der Waals surface area contributed by atoms with Gasteiger partial charge in [-0.15, -0.1) is 11.3 Å². The number of fused-ring (bicyclic) bond motifs is 4. The third-order valence-electron chi connectivity index (χ3n) is 5.11. The van der Waals surface area contributed by atoms with E-state index in [0.29, 0.717) is 0 Å². The van der Waals surface area contributed by atoms with E-state index in [9.17, 15) is 0 Å². The number of hydrogen-bond acceptors (Lipinski definition) is 4. The van der Waals surface area contributed by atoms with E-state index in [1.165, 1.54) is 4.70 Å². The van der Waals surface area contributed by atoms with Crippen molar-refractivity contribution in [2.45, 2.75) is 0 Å². The van der Waals surface area contributed by atoms with Crippen molar-refractivity contribution in [1.82, 2.24) is 4.98 Å². The lowest BCUT2D eigenvalue weighted by molar-refractivity contribution is 0.669. The van der Waals surface area contributed by atoms with Gasteiger partial charge in [0.1, 0.15) is 16.2 Å². The number of para-hydroxylation sites is 3. The fourth-order valence-corrected chi connectivity index (χ4v) is 4.73. The Kier molecular flexibility index (Phi) is 3.64. The lowest BCUT2D eigenvalue weighted by Crippen LogP contribution is -1.92. The van der Waals surface area contributed by atoms with Crippen LogP contribution in [0.2, 0.25) is 0 Å². The van der Waals surface area contributed by atoms with E-state index in [2.05, 4.69) is 59.9 Å². The van der Waals surface area contributed by atoms with Crippen LogP contribution in [-0.2, 0) is 0 Å². The summed E-state index contributed by atoms with van der Waals surface area (Å²) in [4.78, 5) is 4.83. The summed E-state index contributed by atoms with van der Waals surface area (Å²) in [6, 6.07) is 30.9. The Morgan fingerprint density at radius 2 is 1.52 bits per heavy atom. The molecule has 1 N–H and O–H groups in total. The first-order chi connectivity index (χ1) is 14.3. The minimum absolute atomic E-state index is 0.899. The average Bonchev–Trinajstić information content (AvgIpc) is 3.35. The predicted octanol–water partition coefficient (Wildman–Crippen LogP) is 7.61. The van der Waals surface area contributed by atoms with Gasteiger partial charge in [-0.3, -0.25) is 0 Å². The van der Waals surface area contributed by atoms with E-state index in [1.54, 1.807) is 11.3 Å². The van der Waals surface area contributed by atoms with Crippen molar-refractivity contribution < 1.29 is 4.42 Å². The Morgan fingerprint density at radius 1 is 0.724 bits per heavy atom. The molecule has 0 bridgehead atoms. The third-order valence-corrected chi connectivity index (χ3v) is 6.18. The number of benzene rings is 4. The lowest BCUT2D eigenvalue weighted by atomic mass is 10.1. The molecule has 0 fully saturated rings. The molecule has 2 heterocycles. The van der Waals surface area contributed by atoms with Crippen LogP contribution in [0, 0.1) is 0 Å². The molecule has 0 spiro atoms. The van der Waals surface area contributed by atoms with E-state index in [-0.39, 0.29) is 0 Å². The van der Waals surface area contributed by atoms with Gasteiger partial charge < -0.3 is 9.73 Å². The number of anilines is 2. The lowest BCUT2D eigenvalue weighted by Gasteiger charge is -2.10. The first kappa shape index (κ1) is 16.3. The molecule has 0 saturated carbocycles. The first-order valence-electron chi connectivity index (χ1n) is 9.48. The largest absolute Gasteiger partial charge is 0.456 e. The van der Waals surface area contributed by atoms with Gasteiger partial charge in [0.15, 0.2) is 0 Å². The van der Waals surface area contributed by atoms with Crippen molar-refractivity contribution in [3.63, 3.8) is 0 Å². The van der Waals surface area contributed by atoms with Crippen molar-refractivity contribution in [3.05, 3.63) is 91.0 Å². The summed E-state index contributed by atoms with van der Waals surface area (Å²) in [6.07, 6.45) is 0. The van der Waals surface area contributed by atoms with Gasteiger partial charge in [0.2, 0.25) is 0 Å². The molecular formula is C25H16N2OS. The monoisotopic (exact) mass is 392 g/mol. The van der Waals surface area contributed by atoms with Crippen LogP contribution in [0.1, 0.15) is 0 Å². The molecule has 0 saturated heterocycles. The van der Waals surface area contributed by atoms with Crippen molar-refractivity contribution in [1.29, 1.82) is 0 Å². The summed E-state index contributed by atoms with van der Waals surface area (Å²) in [6.45, 7) is 0. The highest BCUT2D eigenvalue weighted by Gasteiger charge is 2.12. The first-order valence-corrected chi connectivity index (χ1v) is 10.3. The Balaban J connectivity index is 1.44. The van der Waals surface area contributed by atoms with Crippen LogP contribution in [0.5, 0.6) is 0 Å². The van der Waals surface area contributed by atoms with Gasteiger partial charge >= 0.3 is 0 Å². The molecule has 2 aromatic heterocycles. The highest BCUT2D eigenvalue weighted by atomic mass is 32.1. The second-order valence-corrected chi connectivity index (χ2v) is 8.00. The van der Waals surface area contributed by atoms with Crippen LogP contribution in [0.3, 0.4) is 0 Å². The fraction of sp³-hybridized carbons (Fsp3) is 0. The molecule has 0 atom stereocenters. The summed E-state index contributed by atoms with van der Waals surface area (Å²) in [7, 11) is 0. The maximum atomic E-state index is 5.95. The van der Waals surface area contributed by atoms with Gasteiger partial charge in [-0.2, -0.15) is 0 Å². The van der Waals surface area contributed by atoms with Crippen molar-refractivity contribution in [2.24, 2.45) is 0 Å². The maximum absolute atomic E-state index is 5.95. The highest BCUT2D eigenvalue weighted by Crippen LogP contribution is 2.37. The van der Waals surface area contributed by atoms with Gasteiger partial charge in [-0.05, 0) is 48.5 Å². The minimum Gasteiger partial charge on any atom is -0.456 e. The van der Waals surface area contributed by atoms with Crippen molar-refractivity contribution >= 4 is 54.9 Å². The number of furan rings is 1. The molecule has 6 rings (SSSR count). The van der Waals surface area contributed by atoms with Gasteiger partial charge in [0, 0.05) is 27.7 Å². The van der Waals surface area contributed by atoms with Gasteiger partial charge in [-0.1, -0.05) is 42.5 Å². The van der Waals surface area contributed by atoms with E-state index >= 15 is 0 Å². The normalized spacial score (nSPS) is 11.4. The van der Waals surface area contributed by atoms with Crippen LogP contribution in [0.15, 0.2) is 95.4 Å². The zero-order valence-electron chi connectivity index (χ0n) is 15.4. The Labute approximate surface area is 171 Å². The topological polar surface area (TPSA) is 38.1 Å². The summed E-state index contributed by atoms with van der Waals surface area (Å²) in [5.74, 6) is 0. The third kappa shape index (κ3) is 2.77. The molecule has 4 aromatic carbocycles. The SMILES string of the molecule is c1ccc(-c2nc3ccccc3s2)c(Nc2ccc3oc4ccccc4c3c2)c1. The molecule has 0 aliphatic rings. The number of aromatic nitrogens is 1. The average molecular weight is 392 g/mol. The number of rotatable bonds is 3. The quantitative estimate of drug-likeness (QED) is 0.337. The highest BCUT2D eigenvalue weighted by molar-refractivity contribution is 7.21. The van der Waals surface area contributed by atoms with E-state index in [1.807, 2.05) is 36.4 Å². The van der Waals surface area contributed by atoms with Crippen molar-refractivity contribution in [3.8, 4) is 10.6 Å². The van der Waals surface area contributed by atoms with Gasteiger partial charge in [0.05, 0.1) is 10.2 Å². The molecule has 3 nitrogen and oxygen atoms in total. The molecule has 0 aliphatic heterocycles. The van der Waals surface area contributed by atoms with Crippen LogP contribution in [-0.4, -0.2) is 4.98 Å². The molecule has 138 valence electrons. The van der Waals surface area contributed by atoms with E-state index in [4.69, 9.17) is 9.40 Å². The molecule has 29 heavy (non-hydrogen) atoms. The number of nitrogens with zero attached hydrogens (tertiary/aromatic N) is 1. The second kappa shape index (κ2) is 6.47. The van der Waals surface area contributed by atoms with Crippen LogP contribution in [0.4, 0.5) is 11.4 Å². The molecular weight excluding hydrogens is 376 g/mol. The fourth-order valence-electron chi connectivity index (χ4n) is 3.73. The van der Waals surface area contributed by atoms with Crippen molar-refractivity contribution in [2.75, 3.05) is 5.32 Å². The molecule has 0 unspecified atom stereocenters. The van der Waals surface area contributed by atoms with Gasteiger partial charge in [0.25, 0.3) is 0 Å². The Morgan fingerprint density at radius 3 is 2.48 bits per heavy atom. The Bertz CT molecular complexity index is 1460. The standard InChI is InChI=1S/C25H16N2OS/c1-3-9-20(18(8-1)25-27-21-10-4-6-12-24(21)29-25)26-16-13-14-23-19(15-16)17-7-2-5-11-22(17)28-23/h1-15,26H. The van der Waals surface area contributed by atoms with E-state index < -0.39 is 0 Å². The zero-order valence-corrected chi connectivity index (χ0v) is 16.2. The maximum Gasteiger partial charge on any atom is 0.135 e. The molecule has 0 aliphatic carbocycles. The smallest absolute Gasteiger partial charge is 0.135 e. The minimum atomic E-state index is 0.899. The molecule has 0 radical (unpaired) electrons. The van der Waals surface area contributed by atoms with E-state index in [0.717, 1.165) is 49.4 Å².